The fraction of sp³-hybridized carbons (Fsp3) is 0.588. The molecular weight excluding hydrogens is 418 g/mol. The number of hydrogen-bond donors (Lipinski definition) is 0. The van der Waals surface area contributed by atoms with Crippen LogP contribution in [-0.4, -0.2) is 88.9 Å². The molecule has 162 valence electrons. The van der Waals surface area contributed by atoms with Crippen LogP contribution in [0.5, 0.6) is 0 Å². The molecule has 30 heavy (non-hydrogen) atoms. The van der Waals surface area contributed by atoms with Gasteiger partial charge in [0.25, 0.3) is 21.8 Å². The summed E-state index contributed by atoms with van der Waals surface area (Å²) in [5.41, 5.74) is -0.733. The van der Waals surface area contributed by atoms with E-state index in [0.717, 1.165) is 0 Å². The Labute approximate surface area is 172 Å². The standard InChI is InChI=1S/C17H21N5O7S/c23-14-1-2-15(24)22(14)29-16(25)20-7-3-17(4-8-20)12-21(9-10-28-17)30(26,27)13-11-18-5-6-19-13/h5-6,11H,1-4,7-10,12H2. The second-order valence-corrected chi connectivity index (χ2v) is 9.22. The van der Waals surface area contributed by atoms with E-state index < -0.39 is 33.5 Å². The van der Waals surface area contributed by atoms with Gasteiger partial charge in [-0.3, -0.25) is 14.6 Å². The van der Waals surface area contributed by atoms with E-state index in [1.54, 1.807) is 0 Å². The molecule has 3 fully saturated rings. The lowest BCUT2D eigenvalue weighted by Gasteiger charge is -2.46. The van der Waals surface area contributed by atoms with E-state index in [-0.39, 0.29) is 50.7 Å². The van der Waals surface area contributed by atoms with Gasteiger partial charge in [0.15, 0.2) is 5.03 Å². The number of morpholine rings is 1. The second kappa shape index (κ2) is 7.89. The summed E-state index contributed by atoms with van der Waals surface area (Å²) in [7, 11) is -3.80. The van der Waals surface area contributed by atoms with Crippen molar-refractivity contribution < 1.29 is 32.4 Å². The lowest BCUT2D eigenvalue weighted by Crippen LogP contribution is -2.58. The molecule has 0 unspecified atom stereocenters. The molecule has 3 amide bonds. The molecule has 1 aromatic rings. The quantitative estimate of drug-likeness (QED) is 0.572. The molecule has 3 aliphatic rings. The first-order valence-electron chi connectivity index (χ1n) is 9.54. The number of imide groups is 1. The monoisotopic (exact) mass is 439 g/mol. The molecule has 3 saturated heterocycles. The van der Waals surface area contributed by atoms with Crippen molar-refractivity contribution in [1.29, 1.82) is 0 Å². The number of ether oxygens (including phenoxy) is 1. The van der Waals surface area contributed by atoms with E-state index in [0.29, 0.717) is 17.9 Å². The number of amides is 3. The number of nitrogens with zero attached hydrogens (tertiary/aromatic N) is 5. The molecule has 0 aromatic carbocycles. The van der Waals surface area contributed by atoms with E-state index in [9.17, 15) is 22.8 Å². The molecule has 0 atom stereocenters. The van der Waals surface area contributed by atoms with E-state index in [4.69, 9.17) is 9.57 Å². The first-order chi connectivity index (χ1) is 14.3. The molecule has 13 heteroatoms. The first-order valence-corrected chi connectivity index (χ1v) is 11.0. The van der Waals surface area contributed by atoms with Gasteiger partial charge in [0.05, 0.1) is 18.4 Å². The maximum atomic E-state index is 12.9. The van der Waals surface area contributed by atoms with E-state index >= 15 is 0 Å². The highest BCUT2D eigenvalue weighted by molar-refractivity contribution is 7.89. The van der Waals surface area contributed by atoms with Crippen LogP contribution in [0.4, 0.5) is 4.79 Å². The van der Waals surface area contributed by atoms with Crippen molar-refractivity contribution in [3.05, 3.63) is 18.6 Å². The molecule has 0 saturated carbocycles. The van der Waals surface area contributed by atoms with Crippen LogP contribution in [0.15, 0.2) is 23.6 Å². The predicted octanol–water partition coefficient (Wildman–Crippen LogP) is -0.467. The van der Waals surface area contributed by atoms with Crippen LogP contribution in [0.1, 0.15) is 25.7 Å². The Hall–Kier alpha value is -2.64. The predicted molar refractivity (Wildman–Crippen MR) is 97.8 cm³/mol. The van der Waals surface area contributed by atoms with Crippen LogP contribution in [0.2, 0.25) is 0 Å². The number of rotatable bonds is 3. The van der Waals surface area contributed by atoms with E-state index in [1.807, 2.05) is 0 Å². The normalized spacial score (nSPS) is 22.5. The molecular formula is C17H21N5O7S. The molecule has 0 aliphatic carbocycles. The van der Waals surface area contributed by atoms with E-state index in [1.165, 1.54) is 27.8 Å². The minimum atomic E-state index is -3.80. The Morgan fingerprint density at radius 2 is 1.80 bits per heavy atom. The van der Waals surface area contributed by atoms with Crippen molar-refractivity contribution in [2.75, 3.05) is 32.8 Å². The number of likely N-dealkylation sites (tertiary alicyclic amines) is 1. The average Bonchev–Trinajstić information content (AvgIpc) is 3.07. The van der Waals surface area contributed by atoms with Gasteiger partial charge in [0.2, 0.25) is 0 Å². The fourth-order valence-corrected chi connectivity index (χ4v) is 5.13. The van der Waals surface area contributed by atoms with Gasteiger partial charge >= 0.3 is 6.09 Å². The van der Waals surface area contributed by atoms with Crippen molar-refractivity contribution >= 4 is 27.9 Å². The van der Waals surface area contributed by atoms with Crippen molar-refractivity contribution in [3.63, 3.8) is 0 Å². The van der Waals surface area contributed by atoms with Gasteiger partial charge in [-0.15, -0.1) is 5.06 Å². The second-order valence-electron chi connectivity index (χ2n) is 7.34. The van der Waals surface area contributed by atoms with Crippen molar-refractivity contribution in [3.8, 4) is 0 Å². The summed E-state index contributed by atoms with van der Waals surface area (Å²) in [5, 5.41) is 0.391. The number of hydroxylamine groups is 2. The third-order valence-corrected chi connectivity index (χ3v) is 7.20. The van der Waals surface area contributed by atoms with Crippen LogP contribution in [-0.2, 0) is 29.2 Å². The van der Waals surface area contributed by atoms with E-state index in [2.05, 4.69) is 9.97 Å². The molecule has 3 aliphatic heterocycles. The first kappa shape index (κ1) is 20.6. The van der Waals surface area contributed by atoms with Gasteiger partial charge in [-0.05, 0) is 12.8 Å². The van der Waals surface area contributed by atoms with Crippen LogP contribution >= 0.6 is 0 Å². The molecule has 4 heterocycles. The van der Waals surface area contributed by atoms with Gasteiger partial charge < -0.3 is 14.5 Å². The summed E-state index contributed by atoms with van der Waals surface area (Å²) < 4.78 is 33.0. The smallest absolute Gasteiger partial charge is 0.372 e. The van der Waals surface area contributed by atoms with Gasteiger partial charge in [-0.25, -0.2) is 18.2 Å². The summed E-state index contributed by atoms with van der Waals surface area (Å²) >= 11 is 0. The summed E-state index contributed by atoms with van der Waals surface area (Å²) in [6.07, 6.45) is 3.97. The molecule has 0 radical (unpaired) electrons. The zero-order chi connectivity index (χ0) is 21.4. The van der Waals surface area contributed by atoms with Crippen LogP contribution in [0.25, 0.3) is 0 Å². The molecule has 0 N–H and O–H groups in total. The lowest BCUT2D eigenvalue weighted by atomic mass is 9.90. The third kappa shape index (κ3) is 3.87. The summed E-state index contributed by atoms with van der Waals surface area (Å²) in [5.74, 6) is -1.08. The number of carbonyl (C=O) groups excluding carboxylic acids is 3. The highest BCUT2D eigenvalue weighted by Gasteiger charge is 2.45. The minimum Gasteiger partial charge on any atom is -0.372 e. The van der Waals surface area contributed by atoms with Gasteiger partial charge in [0, 0.05) is 51.4 Å². The van der Waals surface area contributed by atoms with Crippen LogP contribution < -0.4 is 0 Å². The maximum absolute atomic E-state index is 12.9. The van der Waals surface area contributed by atoms with Crippen molar-refractivity contribution in [2.24, 2.45) is 0 Å². The number of piperidine rings is 1. The summed E-state index contributed by atoms with van der Waals surface area (Å²) in [4.78, 5) is 49.6. The van der Waals surface area contributed by atoms with Crippen LogP contribution in [0.3, 0.4) is 0 Å². The van der Waals surface area contributed by atoms with Crippen molar-refractivity contribution in [2.45, 2.75) is 36.3 Å². The Morgan fingerprint density at radius 3 is 2.43 bits per heavy atom. The molecule has 4 rings (SSSR count). The number of aromatic nitrogens is 2. The molecule has 0 bridgehead atoms. The fourth-order valence-electron chi connectivity index (χ4n) is 3.76. The van der Waals surface area contributed by atoms with Gasteiger partial charge in [-0.1, -0.05) is 0 Å². The number of sulfonamides is 1. The Balaban J connectivity index is 1.38. The third-order valence-electron chi connectivity index (χ3n) is 5.47. The highest BCUT2D eigenvalue weighted by Crippen LogP contribution is 2.32. The van der Waals surface area contributed by atoms with Gasteiger partial charge in [0.1, 0.15) is 0 Å². The average molecular weight is 439 g/mol. The summed E-state index contributed by atoms with van der Waals surface area (Å²) in [6.45, 7) is 1.05. The van der Waals surface area contributed by atoms with Crippen LogP contribution in [0, 0.1) is 0 Å². The Morgan fingerprint density at radius 1 is 1.10 bits per heavy atom. The van der Waals surface area contributed by atoms with Gasteiger partial charge in [-0.2, -0.15) is 4.31 Å². The topological polar surface area (TPSA) is 139 Å². The van der Waals surface area contributed by atoms with Crippen molar-refractivity contribution in [1.82, 2.24) is 24.2 Å². The highest BCUT2D eigenvalue weighted by atomic mass is 32.2. The Bertz CT molecular complexity index is 931. The zero-order valence-electron chi connectivity index (χ0n) is 16.1. The largest absolute Gasteiger partial charge is 0.434 e. The molecule has 1 spiro atoms. The SMILES string of the molecule is O=C(ON1C(=O)CCC1=O)N1CCC2(CC1)CN(S(=O)(=O)c1cnccn1)CCO2. The molecule has 12 nitrogen and oxygen atoms in total. The Kier molecular flexibility index (Phi) is 5.42. The number of hydrogen-bond acceptors (Lipinski definition) is 9. The number of carbonyl (C=O) groups is 3. The summed E-state index contributed by atoms with van der Waals surface area (Å²) in [6, 6.07) is 0. The maximum Gasteiger partial charge on any atom is 0.434 e. The minimum absolute atomic E-state index is 0.0269. The molecule has 1 aromatic heterocycles. The zero-order valence-corrected chi connectivity index (χ0v) is 16.9. The lowest BCUT2D eigenvalue weighted by molar-refractivity contribution is -0.175.